The highest BCUT2D eigenvalue weighted by molar-refractivity contribution is 6.29. The van der Waals surface area contributed by atoms with Crippen LogP contribution in [0.5, 0.6) is 0 Å². The van der Waals surface area contributed by atoms with Gasteiger partial charge in [-0.15, -0.1) is 0 Å². The van der Waals surface area contributed by atoms with E-state index in [1.165, 1.54) is 17.5 Å². The van der Waals surface area contributed by atoms with E-state index in [0.29, 0.717) is 17.5 Å². The normalized spacial score (nSPS) is 18.5. The van der Waals surface area contributed by atoms with Gasteiger partial charge in [0, 0.05) is 24.0 Å². The maximum Gasteiger partial charge on any atom is 0.0307 e. The molecule has 0 spiro atoms. The van der Waals surface area contributed by atoms with Crippen LogP contribution in [0.3, 0.4) is 0 Å². The Labute approximate surface area is 89.8 Å². The Bertz CT molecular complexity index is 346. The second-order valence-electron chi connectivity index (χ2n) is 3.75. The minimum Gasteiger partial charge on any atom is -0.311 e. The van der Waals surface area contributed by atoms with Crippen LogP contribution in [0.4, 0.5) is 0 Å². The van der Waals surface area contributed by atoms with Crippen LogP contribution in [0.2, 0.25) is 0 Å². The number of nitrogens with one attached hydrogen (secondary N) is 1. The molecule has 0 aromatic heterocycles. The summed E-state index contributed by atoms with van der Waals surface area (Å²) in [6, 6.07) is 8.61. The van der Waals surface area contributed by atoms with Gasteiger partial charge < -0.3 is 5.32 Å². The third kappa shape index (κ3) is 1.99. The zero-order valence-corrected chi connectivity index (χ0v) is 8.85. The number of fused-ring (bicyclic) bond motifs is 1. The minimum absolute atomic E-state index is 0.669. The highest BCUT2D eigenvalue weighted by Crippen LogP contribution is 2.33. The summed E-state index contributed by atoms with van der Waals surface area (Å²) in [5.74, 6) is 0.669. The van der Waals surface area contributed by atoms with Gasteiger partial charge in [0.15, 0.2) is 0 Å². The van der Waals surface area contributed by atoms with Crippen molar-refractivity contribution in [1.29, 1.82) is 0 Å². The largest absolute Gasteiger partial charge is 0.311 e. The highest BCUT2D eigenvalue weighted by atomic mass is 35.5. The molecule has 1 aromatic rings. The number of hydrogen-bond acceptors (Lipinski definition) is 1. The van der Waals surface area contributed by atoms with Crippen LogP contribution in [-0.4, -0.2) is 13.1 Å². The predicted molar refractivity (Wildman–Crippen MR) is 60.7 cm³/mol. The molecule has 0 aliphatic heterocycles. The smallest absolute Gasteiger partial charge is 0.0307 e. The van der Waals surface area contributed by atoms with Gasteiger partial charge in [0.25, 0.3) is 0 Å². The van der Waals surface area contributed by atoms with E-state index in [0.717, 1.165) is 6.54 Å². The number of benzene rings is 1. The van der Waals surface area contributed by atoms with Crippen molar-refractivity contribution >= 4 is 11.6 Å². The van der Waals surface area contributed by atoms with Crippen molar-refractivity contribution in [2.75, 3.05) is 13.1 Å². The zero-order chi connectivity index (χ0) is 9.97. The van der Waals surface area contributed by atoms with Crippen molar-refractivity contribution in [2.24, 2.45) is 0 Å². The minimum atomic E-state index is 0.669. The molecule has 0 amide bonds. The molecular formula is C12H14ClN. The molecule has 74 valence electrons. The summed E-state index contributed by atoms with van der Waals surface area (Å²) in [6.07, 6.45) is 1.19. The molecule has 2 rings (SSSR count). The molecule has 1 atom stereocenters. The lowest BCUT2D eigenvalue weighted by molar-refractivity contribution is 0.554. The number of rotatable bonds is 4. The average molecular weight is 208 g/mol. The van der Waals surface area contributed by atoms with Gasteiger partial charge in [0.05, 0.1) is 0 Å². The molecule has 0 fully saturated rings. The van der Waals surface area contributed by atoms with Crippen molar-refractivity contribution in [1.82, 2.24) is 5.32 Å². The van der Waals surface area contributed by atoms with E-state index in [1.54, 1.807) is 0 Å². The molecule has 0 saturated carbocycles. The molecule has 1 aromatic carbocycles. The summed E-state index contributed by atoms with van der Waals surface area (Å²) in [5, 5.41) is 3.97. The van der Waals surface area contributed by atoms with E-state index >= 15 is 0 Å². The molecular weight excluding hydrogens is 194 g/mol. The maximum absolute atomic E-state index is 5.67. The van der Waals surface area contributed by atoms with Crippen LogP contribution in [0.15, 0.2) is 35.9 Å². The second-order valence-corrected chi connectivity index (χ2v) is 4.28. The maximum atomic E-state index is 5.67. The SMILES string of the molecule is C=C(Cl)CNCC1Cc2ccccc21. The van der Waals surface area contributed by atoms with E-state index < -0.39 is 0 Å². The van der Waals surface area contributed by atoms with Crippen LogP contribution >= 0.6 is 11.6 Å². The lowest BCUT2D eigenvalue weighted by Gasteiger charge is -2.30. The summed E-state index contributed by atoms with van der Waals surface area (Å²) in [7, 11) is 0. The Morgan fingerprint density at radius 1 is 1.50 bits per heavy atom. The first-order chi connectivity index (χ1) is 6.77. The summed E-state index contributed by atoms with van der Waals surface area (Å²) in [6.45, 7) is 5.35. The van der Waals surface area contributed by atoms with Gasteiger partial charge >= 0.3 is 0 Å². The van der Waals surface area contributed by atoms with Crippen molar-refractivity contribution in [3.63, 3.8) is 0 Å². The first-order valence-electron chi connectivity index (χ1n) is 4.89. The van der Waals surface area contributed by atoms with Crippen LogP contribution < -0.4 is 5.32 Å². The first kappa shape index (κ1) is 9.75. The summed E-state index contributed by atoms with van der Waals surface area (Å²) >= 11 is 5.67. The van der Waals surface area contributed by atoms with Crippen molar-refractivity contribution in [3.05, 3.63) is 47.0 Å². The Morgan fingerprint density at radius 2 is 2.29 bits per heavy atom. The van der Waals surface area contributed by atoms with Crippen LogP contribution in [0, 0.1) is 0 Å². The van der Waals surface area contributed by atoms with Crippen molar-refractivity contribution in [3.8, 4) is 0 Å². The third-order valence-corrected chi connectivity index (χ3v) is 2.80. The molecule has 0 bridgehead atoms. The molecule has 1 N–H and O–H groups in total. The fourth-order valence-electron chi connectivity index (χ4n) is 1.93. The average Bonchev–Trinajstić information content (AvgIpc) is 2.12. The van der Waals surface area contributed by atoms with Gasteiger partial charge in [0.1, 0.15) is 0 Å². The monoisotopic (exact) mass is 207 g/mol. The molecule has 1 unspecified atom stereocenters. The Morgan fingerprint density at radius 3 is 3.00 bits per heavy atom. The van der Waals surface area contributed by atoms with Crippen LogP contribution in [-0.2, 0) is 6.42 Å². The lowest BCUT2D eigenvalue weighted by Crippen LogP contribution is -2.29. The van der Waals surface area contributed by atoms with Crippen LogP contribution in [0.1, 0.15) is 17.0 Å². The van der Waals surface area contributed by atoms with Gasteiger partial charge in [-0.25, -0.2) is 0 Å². The van der Waals surface area contributed by atoms with E-state index in [1.807, 2.05) is 0 Å². The van der Waals surface area contributed by atoms with Gasteiger partial charge in [-0.3, -0.25) is 0 Å². The molecule has 0 heterocycles. The third-order valence-electron chi connectivity index (χ3n) is 2.67. The lowest BCUT2D eigenvalue weighted by atomic mass is 9.78. The number of halogens is 1. The Kier molecular flexibility index (Phi) is 2.90. The number of hydrogen-bond donors (Lipinski definition) is 1. The van der Waals surface area contributed by atoms with Gasteiger partial charge in [-0.1, -0.05) is 42.4 Å². The fraction of sp³-hybridized carbons (Fsp3) is 0.333. The second kappa shape index (κ2) is 4.16. The summed E-state index contributed by atoms with van der Waals surface area (Å²) in [5.41, 5.74) is 2.98. The molecule has 0 radical (unpaired) electrons. The van der Waals surface area contributed by atoms with Crippen molar-refractivity contribution in [2.45, 2.75) is 12.3 Å². The molecule has 1 aliphatic rings. The Balaban J connectivity index is 1.84. The zero-order valence-electron chi connectivity index (χ0n) is 8.09. The van der Waals surface area contributed by atoms with E-state index in [-0.39, 0.29) is 0 Å². The van der Waals surface area contributed by atoms with Crippen molar-refractivity contribution < 1.29 is 0 Å². The topological polar surface area (TPSA) is 12.0 Å². The van der Waals surface area contributed by atoms with Gasteiger partial charge in [-0.05, 0) is 17.5 Å². The summed E-state index contributed by atoms with van der Waals surface area (Å²) < 4.78 is 0. The van der Waals surface area contributed by atoms with Gasteiger partial charge in [0.2, 0.25) is 0 Å². The molecule has 1 aliphatic carbocycles. The molecule has 2 heteroatoms. The summed E-state index contributed by atoms with van der Waals surface area (Å²) in [4.78, 5) is 0. The highest BCUT2D eigenvalue weighted by Gasteiger charge is 2.24. The molecule has 1 nitrogen and oxygen atoms in total. The predicted octanol–water partition coefficient (Wildman–Crippen LogP) is 2.67. The van der Waals surface area contributed by atoms with E-state index in [4.69, 9.17) is 11.6 Å². The van der Waals surface area contributed by atoms with Gasteiger partial charge in [-0.2, -0.15) is 0 Å². The van der Waals surface area contributed by atoms with Crippen LogP contribution in [0.25, 0.3) is 0 Å². The van der Waals surface area contributed by atoms with E-state index in [9.17, 15) is 0 Å². The Hall–Kier alpha value is -0.790. The fourth-order valence-corrected chi connectivity index (χ4v) is 2.02. The quantitative estimate of drug-likeness (QED) is 0.801. The first-order valence-corrected chi connectivity index (χ1v) is 5.27. The molecule has 14 heavy (non-hydrogen) atoms. The van der Waals surface area contributed by atoms with E-state index in [2.05, 4.69) is 36.2 Å². The molecule has 0 saturated heterocycles. The standard InChI is InChI=1S/C12H14ClN/c1-9(13)7-14-8-11-6-10-4-2-3-5-12(10)11/h2-5,11,14H,1,6-8H2.